The van der Waals surface area contributed by atoms with Crippen LogP contribution in [0.1, 0.15) is 12.5 Å². The maximum atomic E-state index is 12.5. The number of hydrogen-bond acceptors (Lipinski definition) is 4. The molecule has 0 fully saturated rings. The van der Waals surface area contributed by atoms with E-state index in [1.807, 2.05) is 19.1 Å². The first-order valence-corrected chi connectivity index (χ1v) is 8.87. The Balaban J connectivity index is 1.79. The summed E-state index contributed by atoms with van der Waals surface area (Å²) >= 11 is 0. The van der Waals surface area contributed by atoms with Gasteiger partial charge in [0.2, 0.25) is 5.91 Å². The molecule has 0 aliphatic carbocycles. The number of aromatic nitrogens is 2. The summed E-state index contributed by atoms with van der Waals surface area (Å²) in [5.74, 6) is 0.187. The molecule has 1 amide bonds. The third kappa shape index (κ3) is 4.20. The average molecular weight is 379 g/mol. The van der Waals surface area contributed by atoms with Crippen molar-refractivity contribution >= 4 is 11.6 Å². The number of benzene rings is 2. The van der Waals surface area contributed by atoms with Gasteiger partial charge in [0, 0.05) is 24.1 Å². The van der Waals surface area contributed by atoms with Gasteiger partial charge in [-0.1, -0.05) is 25.1 Å². The maximum Gasteiger partial charge on any atom is 0.320 e. The van der Waals surface area contributed by atoms with Crippen molar-refractivity contribution < 1.29 is 9.53 Å². The molecule has 144 valence electrons. The highest BCUT2D eigenvalue weighted by Gasteiger charge is 2.11. The van der Waals surface area contributed by atoms with Crippen molar-refractivity contribution in [2.24, 2.45) is 0 Å². The number of nitrogens with zero attached hydrogens (tertiary/aromatic N) is 2. The van der Waals surface area contributed by atoms with E-state index in [0.29, 0.717) is 17.1 Å². The first kappa shape index (κ1) is 19.2. The smallest absolute Gasteiger partial charge is 0.320 e. The van der Waals surface area contributed by atoms with E-state index >= 15 is 0 Å². The van der Waals surface area contributed by atoms with Crippen LogP contribution in [0.15, 0.2) is 70.5 Å². The molecule has 7 nitrogen and oxygen atoms in total. The Morgan fingerprint density at radius 2 is 1.79 bits per heavy atom. The van der Waals surface area contributed by atoms with E-state index in [1.165, 1.54) is 24.1 Å². The molecule has 28 heavy (non-hydrogen) atoms. The van der Waals surface area contributed by atoms with Gasteiger partial charge in [-0.05, 0) is 36.2 Å². The predicted octanol–water partition coefficient (Wildman–Crippen LogP) is 2.21. The minimum absolute atomic E-state index is 0.247. The van der Waals surface area contributed by atoms with Gasteiger partial charge in [0.15, 0.2) is 0 Å². The summed E-state index contributed by atoms with van der Waals surface area (Å²) in [4.78, 5) is 37.1. The first-order valence-electron chi connectivity index (χ1n) is 8.87. The molecule has 7 heteroatoms. The summed E-state index contributed by atoms with van der Waals surface area (Å²) in [5.41, 5.74) is 0.794. The molecule has 0 aliphatic heterocycles. The van der Waals surface area contributed by atoms with Crippen LogP contribution in [0.5, 0.6) is 5.75 Å². The standard InChI is InChI=1S/C21H21N3O4/c1-3-15-7-9-16(10-8-15)22-19(25)14-23-11-12-24(21(27)20(23)26)17-5-4-6-18(13-17)28-2/h4-13H,3,14H2,1-2H3,(H,22,25). The lowest BCUT2D eigenvalue weighted by Crippen LogP contribution is -2.41. The van der Waals surface area contributed by atoms with Gasteiger partial charge in [0.1, 0.15) is 12.3 Å². The van der Waals surface area contributed by atoms with Gasteiger partial charge >= 0.3 is 11.1 Å². The summed E-state index contributed by atoms with van der Waals surface area (Å²) in [6.07, 6.45) is 3.79. The van der Waals surface area contributed by atoms with Gasteiger partial charge in [0.05, 0.1) is 12.8 Å². The van der Waals surface area contributed by atoms with E-state index in [-0.39, 0.29) is 12.5 Å². The van der Waals surface area contributed by atoms with Crippen LogP contribution in [0.3, 0.4) is 0 Å². The fourth-order valence-electron chi connectivity index (χ4n) is 2.78. The van der Waals surface area contributed by atoms with Gasteiger partial charge in [-0.25, -0.2) is 0 Å². The monoisotopic (exact) mass is 379 g/mol. The van der Waals surface area contributed by atoms with Crippen molar-refractivity contribution in [1.29, 1.82) is 0 Å². The second-order valence-electron chi connectivity index (χ2n) is 6.21. The highest BCUT2D eigenvalue weighted by Crippen LogP contribution is 2.14. The third-order valence-corrected chi connectivity index (χ3v) is 4.35. The zero-order chi connectivity index (χ0) is 20.1. The number of aryl methyl sites for hydroxylation is 1. The van der Waals surface area contributed by atoms with Crippen molar-refractivity contribution in [2.45, 2.75) is 19.9 Å². The summed E-state index contributed by atoms with van der Waals surface area (Å²) in [6, 6.07) is 14.3. The largest absolute Gasteiger partial charge is 0.497 e. The molecular weight excluding hydrogens is 358 g/mol. The Bertz CT molecular complexity index is 1100. The Morgan fingerprint density at radius 3 is 2.46 bits per heavy atom. The number of carbonyl (C=O) groups is 1. The predicted molar refractivity (Wildman–Crippen MR) is 107 cm³/mol. The highest BCUT2D eigenvalue weighted by atomic mass is 16.5. The third-order valence-electron chi connectivity index (χ3n) is 4.35. The molecule has 0 radical (unpaired) electrons. The molecular formula is C21H21N3O4. The van der Waals surface area contributed by atoms with E-state index < -0.39 is 11.1 Å². The summed E-state index contributed by atoms with van der Waals surface area (Å²) in [6.45, 7) is 1.80. The molecule has 0 bridgehead atoms. The molecule has 0 saturated heterocycles. The van der Waals surface area contributed by atoms with E-state index in [1.54, 1.807) is 36.4 Å². The molecule has 0 spiro atoms. The zero-order valence-corrected chi connectivity index (χ0v) is 15.7. The number of ether oxygens (including phenoxy) is 1. The van der Waals surface area contributed by atoms with Crippen molar-refractivity contribution in [1.82, 2.24) is 9.13 Å². The lowest BCUT2D eigenvalue weighted by atomic mass is 10.1. The summed E-state index contributed by atoms with van der Waals surface area (Å²) < 4.78 is 7.46. The van der Waals surface area contributed by atoms with Crippen LogP contribution in [0.2, 0.25) is 0 Å². The van der Waals surface area contributed by atoms with Crippen LogP contribution in [0, 0.1) is 0 Å². The molecule has 0 atom stereocenters. The Labute approximate surface area is 161 Å². The van der Waals surface area contributed by atoms with Crippen LogP contribution in [0.25, 0.3) is 5.69 Å². The van der Waals surface area contributed by atoms with Crippen molar-refractivity contribution in [2.75, 3.05) is 12.4 Å². The molecule has 0 saturated carbocycles. The molecule has 3 aromatic rings. The van der Waals surface area contributed by atoms with Crippen LogP contribution in [-0.4, -0.2) is 22.2 Å². The number of anilines is 1. The summed E-state index contributed by atoms with van der Waals surface area (Å²) in [5, 5.41) is 2.73. The van der Waals surface area contributed by atoms with Gasteiger partial charge < -0.3 is 10.1 Å². The number of nitrogens with one attached hydrogen (secondary N) is 1. The molecule has 0 aliphatic rings. The minimum Gasteiger partial charge on any atom is -0.497 e. The SMILES string of the molecule is CCc1ccc(NC(=O)Cn2ccn(-c3cccc(OC)c3)c(=O)c2=O)cc1. The number of rotatable bonds is 6. The number of methoxy groups -OCH3 is 1. The van der Waals surface area contributed by atoms with Crippen LogP contribution < -0.4 is 21.2 Å². The van der Waals surface area contributed by atoms with E-state index in [4.69, 9.17) is 4.74 Å². The lowest BCUT2D eigenvalue weighted by molar-refractivity contribution is -0.116. The van der Waals surface area contributed by atoms with E-state index in [0.717, 1.165) is 16.6 Å². The fourth-order valence-corrected chi connectivity index (χ4v) is 2.78. The summed E-state index contributed by atoms with van der Waals surface area (Å²) in [7, 11) is 1.52. The van der Waals surface area contributed by atoms with Crippen molar-refractivity contribution in [3.63, 3.8) is 0 Å². The van der Waals surface area contributed by atoms with Gasteiger partial charge in [-0.2, -0.15) is 0 Å². The normalized spacial score (nSPS) is 10.5. The van der Waals surface area contributed by atoms with E-state index in [9.17, 15) is 14.4 Å². The Kier molecular flexibility index (Phi) is 5.74. The van der Waals surface area contributed by atoms with Crippen LogP contribution >= 0.6 is 0 Å². The zero-order valence-electron chi connectivity index (χ0n) is 15.7. The molecule has 1 aromatic heterocycles. The van der Waals surface area contributed by atoms with Crippen LogP contribution in [0.4, 0.5) is 5.69 Å². The number of carbonyl (C=O) groups excluding carboxylic acids is 1. The number of amides is 1. The molecule has 1 heterocycles. The van der Waals surface area contributed by atoms with E-state index in [2.05, 4.69) is 5.32 Å². The minimum atomic E-state index is -0.776. The topological polar surface area (TPSA) is 82.3 Å². The molecule has 1 N–H and O–H groups in total. The molecule has 2 aromatic carbocycles. The maximum absolute atomic E-state index is 12.5. The van der Waals surface area contributed by atoms with Crippen LogP contribution in [-0.2, 0) is 17.8 Å². The fraction of sp³-hybridized carbons (Fsp3) is 0.190. The van der Waals surface area contributed by atoms with Gasteiger partial charge in [-0.3, -0.25) is 23.5 Å². The first-order chi connectivity index (χ1) is 13.5. The van der Waals surface area contributed by atoms with Crippen molar-refractivity contribution in [3.05, 3.63) is 87.2 Å². The van der Waals surface area contributed by atoms with Gasteiger partial charge in [-0.15, -0.1) is 0 Å². The Hall–Kier alpha value is -3.61. The molecule has 0 unspecified atom stereocenters. The van der Waals surface area contributed by atoms with Gasteiger partial charge in [0.25, 0.3) is 0 Å². The second-order valence-corrected chi connectivity index (χ2v) is 6.21. The van der Waals surface area contributed by atoms with Crippen molar-refractivity contribution in [3.8, 4) is 11.4 Å². The lowest BCUT2D eigenvalue weighted by Gasteiger charge is -2.10. The Morgan fingerprint density at radius 1 is 1.04 bits per heavy atom. The number of hydrogen-bond donors (Lipinski definition) is 1. The average Bonchev–Trinajstić information content (AvgIpc) is 2.72. The second kappa shape index (κ2) is 8.39. The molecule has 3 rings (SSSR count). The quantitative estimate of drug-likeness (QED) is 0.666. The highest BCUT2D eigenvalue weighted by molar-refractivity contribution is 5.90.